The van der Waals surface area contributed by atoms with Gasteiger partial charge in [-0.2, -0.15) is 0 Å². The smallest absolute Gasteiger partial charge is 0.408 e. The van der Waals surface area contributed by atoms with E-state index in [2.05, 4.69) is 5.32 Å². The molecule has 0 atom stereocenters. The monoisotopic (exact) mass is 296 g/mol. The van der Waals surface area contributed by atoms with Crippen LogP contribution in [0, 0.1) is 6.92 Å². The molecule has 112 valence electrons. The predicted octanol–water partition coefficient (Wildman–Crippen LogP) is 3.18. The number of nitrogens with one attached hydrogen (secondary N) is 1. The van der Waals surface area contributed by atoms with Gasteiger partial charge in [0.1, 0.15) is 0 Å². The van der Waals surface area contributed by atoms with Crippen LogP contribution in [0.3, 0.4) is 0 Å². The van der Waals surface area contributed by atoms with E-state index in [1.807, 2.05) is 26.0 Å². The molecule has 0 radical (unpaired) electrons. The Kier molecular flexibility index (Phi) is 3.55. The SMILES string of the molecule is CCn1c(=O)oc2cc(NC(=O)c3ccc(C)cc3)ccc21. The lowest BCUT2D eigenvalue weighted by molar-refractivity contribution is 0.102. The fraction of sp³-hybridized carbons (Fsp3) is 0.176. The van der Waals surface area contributed by atoms with Gasteiger partial charge in [0.05, 0.1) is 5.52 Å². The molecule has 22 heavy (non-hydrogen) atoms. The number of aryl methyl sites for hydroxylation is 2. The number of fused-ring (bicyclic) bond motifs is 1. The number of benzene rings is 2. The van der Waals surface area contributed by atoms with Gasteiger partial charge in [0, 0.05) is 23.9 Å². The topological polar surface area (TPSA) is 64.2 Å². The Morgan fingerprint density at radius 3 is 2.59 bits per heavy atom. The van der Waals surface area contributed by atoms with E-state index >= 15 is 0 Å². The number of nitrogens with zero attached hydrogens (tertiary/aromatic N) is 1. The normalized spacial score (nSPS) is 10.8. The summed E-state index contributed by atoms with van der Waals surface area (Å²) in [5, 5.41) is 2.81. The van der Waals surface area contributed by atoms with Gasteiger partial charge < -0.3 is 9.73 Å². The van der Waals surface area contributed by atoms with Crippen molar-refractivity contribution in [2.45, 2.75) is 20.4 Å². The zero-order valence-electron chi connectivity index (χ0n) is 12.4. The molecule has 0 unspecified atom stereocenters. The van der Waals surface area contributed by atoms with Crippen molar-refractivity contribution >= 4 is 22.7 Å². The first-order chi connectivity index (χ1) is 10.6. The zero-order chi connectivity index (χ0) is 15.7. The molecule has 0 spiro atoms. The number of rotatable bonds is 3. The molecule has 1 amide bonds. The molecule has 3 aromatic rings. The molecule has 5 heteroatoms. The quantitative estimate of drug-likeness (QED) is 0.807. The number of carbonyl (C=O) groups excluding carboxylic acids is 1. The van der Waals surface area contributed by atoms with Gasteiger partial charge in [-0.15, -0.1) is 0 Å². The third-order valence-electron chi connectivity index (χ3n) is 3.56. The third-order valence-corrected chi connectivity index (χ3v) is 3.56. The van der Waals surface area contributed by atoms with Crippen LogP contribution >= 0.6 is 0 Å². The van der Waals surface area contributed by atoms with Crippen molar-refractivity contribution in [2.24, 2.45) is 0 Å². The van der Waals surface area contributed by atoms with Crippen LogP contribution in [-0.2, 0) is 6.54 Å². The summed E-state index contributed by atoms with van der Waals surface area (Å²) < 4.78 is 6.73. The maximum Gasteiger partial charge on any atom is 0.419 e. The minimum absolute atomic E-state index is 0.198. The van der Waals surface area contributed by atoms with Crippen LogP contribution in [0.4, 0.5) is 5.69 Å². The Morgan fingerprint density at radius 2 is 1.91 bits per heavy atom. The summed E-state index contributed by atoms with van der Waals surface area (Å²) >= 11 is 0. The molecule has 0 aliphatic heterocycles. The first-order valence-electron chi connectivity index (χ1n) is 7.10. The van der Waals surface area contributed by atoms with Crippen molar-refractivity contribution in [2.75, 3.05) is 5.32 Å². The Balaban J connectivity index is 1.89. The molecule has 0 saturated heterocycles. The molecule has 1 N–H and O–H groups in total. The fourth-order valence-electron chi connectivity index (χ4n) is 2.35. The molecule has 0 aliphatic carbocycles. The summed E-state index contributed by atoms with van der Waals surface area (Å²) in [6, 6.07) is 12.5. The second-order valence-corrected chi connectivity index (χ2v) is 5.11. The maximum atomic E-state index is 12.2. The second kappa shape index (κ2) is 5.52. The van der Waals surface area contributed by atoms with Crippen LogP contribution in [0.2, 0.25) is 0 Å². The summed E-state index contributed by atoms with van der Waals surface area (Å²) in [5.74, 6) is -0.587. The van der Waals surface area contributed by atoms with Crippen molar-refractivity contribution in [3.05, 3.63) is 64.1 Å². The minimum Gasteiger partial charge on any atom is -0.408 e. The molecule has 0 fully saturated rings. The maximum absolute atomic E-state index is 12.2. The molecule has 0 bridgehead atoms. The first kappa shape index (κ1) is 14.1. The molecule has 0 saturated carbocycles. The molecule has 1 aromatic heterocycles. The zero-order valence-corrected chi connectivity index (χ0v) is 12.4. The molecule has 3 rings (SSSR count). The van der Waals surface area contributed by atoms with Crippen LogP contribution in [0.15, 0.2) is 51.7 Å². The lowest BCUT2D eigenvalue weighted by Gasteiger charge is -2.05. The summed E-state index contributed by atoms with van der Waals surface area (Å²) in [6.07, 6.45) is 0. The average Bonchev–Trinajstić information content (AvgIpc) is 2.82. The van der Waals surface area contributed by atoms with Crippen molar-refractivity contribution in [1.82, 2.24) is 4.57 Å². The van der Waals surface area contributed by atoms with Crippen LogP contribution in [0.25, 0.3) is 11.1 Å². The largest absolute Gasteiger partial charge is 0.419 e. The molecular weight excluding hydrogens is 280 g/mol. The van der Waals surface area contributed by atoms with E-state index in [4.69, 9.17) is 4.42 Å². The number of hydrogen-bond donors (Lipinski definition) is 1. The molecule has 2 aromatic carbocycles. The van der Waals surface area contributed by atoms with Gasteiger partial charge in [-0.25, -0.2) is 4.79 Å². The highest BCUT2D eigenvalue weighted by atomic mass is 16.4. The van der Waals surface area contributed by atoms with Crippen molar-refractivity contribution in [3.8, 4) is 0 Å². The lowest BCUT2D eigenvalue weighted by Crippen LogP contribution is -2.12. The van der Waals surface area contributed by atoms with Gasteiger partial charge >= 0.3 is 5.76 Å². The highest BCUT2D eigenvalue weighted by Crippen LogP contribution is 2.19. The lowest BCUT2D eigenvalue weighted by atomic mass is 10.1. The van der Waals surface area contributed by atoms with Crippen molar-refractivity contribution < 1.29 is 9.21 Å². The molecule has 5 nitrogen and oxygen atoms in total. The van der Waals surface area contributed by atoms with Gasteiger partial charge in [-0.3, -0.25) is 9.36 Å². The first-order valence-corrected chi connectivity index (χ1v) is 7.10. The van der Waals surface area contributed by atoms with E-state index in [0.29, 0.717) is 23.4 Å². The number of hydrogen-bond acceptors (Lipinski definition) is 3. The van der Waals surface area contributed by atoms with Gasteiger partial charge in [0.15, 0.2) is 5.58 Å². The van der Waals surface area contributed by atoms with Crippen LogP contribution < -0.4 is 11.1 Å². The Labute approximate surface area is 127 Å². The summed E-state index contributed by atoms with van der Waals surface area (Å²) in [6.45, 7) is 4.39. The predicted molar refractivity (Wildman–Crippen MR) is 85.3 cm³/mol. The molecule has 0 aliphatic rings. The number of carbonyl (C=O) groups is 1. The number of amides is 1. The summed E-state index contributed by atoms with van der Waals surface area (Å²) in [7, 11) is 0. The standard InChI is InChI=1S/C17H16N2O3/c1-3-19-14-9-8-13(10-15(14)22-17(19)21)18-16(20)12-6-4-11(2)5-7-12/h4-10H,3H2,1-2H3,(H,18,20). The number of aromatic nitrogens is 1. The second-order valence-electron chi connectivity index (χ2n) is 5.11. The van der Waals surface area contributed by atoms with Gasteiger partial charge in [0.2, 0.25) is 0 Å². The highest BCUT2D eigenvalue weighted by Gasteiger charge is 2.10. The van der Waals surface area contributed by atoms with E-state index in [9.17, 15) is 9.59 Å². The van der Waals surface area contributed by atoms with E-state index in [-0.39, 0.29) is 11.7 Å². The molecule has 1 heterocycles. The van der Waals surface area contributed by atoms with E-state index < -0.39 is 0 Å². The highest BCUT2D eigenvalue weighted by molar-refractivity contribution is 6.04. The van der Waals surface area contributed by atoms with Gasteiger partial charge in [-0.05, 0) is 38.1 Å². The van der Waals surface area contributed by atoms with Crippen LogP contribution in [0.5, 0.6) is 0 Å². The fourth-order valence-corrected chi connectivity index (χ4v) is 2.35. The summed E-state index contributed by atoms with van der Waals surface area (Å²) in [5.41, 5.74) is 3.46. The summed E-state index contributed by atoms with van der Waals surface area (Å²) in [4.78, 5) is 23.8. The van der Waals surface area contributed by atoms with E-state index in [0.717, 1.165) is 11.1 Å². The Hall–Kier alpha value is -2.82. The Morgan fingerprint density at radius 1 is 1.18 bits per heavy atom. The molecular formula is C17H16N2O3. The van der Waals surface area contributed by atoms with E-state index in [1.54, 1.807) is 34.9 Å². The third kappa shape index (κ3) is 2.53. The van der Waals surface area contributed by atoms with Gasteiger partial charge in [-0.1, -0.05) is 17.7 Å². The van der Waals surface area contributed by atoms with Crippen LogP contribution in [0.1, 0.15) is 22.8 Å². The Bertz CT molecular complexity index is 888. The number of anilines is 1. The van der Waals surface area contributed by atoms with Crippen molar-refractivity contribution in [3.63, 3.8) is 0 Å². The minimum atomic E-state index is -0.389. The number of oxazole rings is 1. The van der Waals surface area contributed by atoms with E-state index in [1.165, 1.54) is 0 Å². The average molecular weight is 296 g/mol. The van der Waals surface area contributed by atoms with Gasteiger partial charge in [0.25, 0.3) is 5.91 Å². The van der Waals surface area contributed by atoms with Crippen molar-refractivity contribution in [1.29, 1.82) is 0 Å². The van der Waals surface area contributed by atoms with Crippen LogP contribution in [-0.4, -0.2) is 10.5 Å².